The average molecular weight is 402 g/mol. The number of rotatable bonds is 5. The Balaban J connectivity index is 1.69. The highest BCUT2D eigenvalue weighted by Gasteiger charge is 2.18. The van der Waals surface area contributed by atoms with Crippen LogP contribution in [0.4, 0.5) is 9.52 Å². The van der Waals surface area contributed by atoms with Gasteiger partial charge in [-0.2, -0.15) is 5.26 Å². The third kappa shape index (κ3) is 4.42. The number of halogens is 2. The summed E-state index contributed by atoms with van der Waals surface area (Å²) in [6, 6.07) is 12.7. The smallest absolute Gasteiger partial charge is 0.266 e. The Hall–Kier alpha value is -2.95. The fourth-order valence-corrected chi connectivity index (χ4v) is 3.24. The topological polar surface area (TPSA) is 75.0 Å². The third-order valence-electron chi connectivity index (χ3n) is 3.62. The van der Waals surface area contributed by atoms with E-state index in [4.69, 9.17) is 21.6 Å². The minimum atomic E-state index is -0.832. The molecule has 1 aromatic heterocycles. The molecule has 1 atom stereocenters. The largest absolute Gasteiger partial charge is 0.480 e. The normalized spacial score (nSPS) is 11.5. The Morgan fingerprint density at radius 1 is 1.37 bits per heavy atom. The van der Waals surface area contributed by atoms with Crippen molar-refractivity contribution in [3.63, 3.8) is 0 Å². The summed E-state index contributed by atoms with van der Waals surface area (Å²) in [5.74, 6) is -0.509. The second-order valence-corrected chi connectivity index (χ2v) is 6.78. The molecule has 1 amide bonds. The Morgan fingerprint density at radius 3 is 2.89 bits per heavy atom. The van der Waals surface area contributed by atoms with Gasteiger partial charge in [-0.1, -0.05) is 23.7 Å². The molecule has 8 heteroatoms. The van der Waals surface area contributed by atoms with Crippen LogP contribution in [0.2, 0.25) is 5.02 Å². The lowest BCUT2D eigenvalue weighted by Crippen LogP contribution is -2.30. The van der Waals surface area contributed by atoms with Gasteiger partial charge in [-0.15, -0.1) is 11.3 Å². The van der Waals surface area contributed by atoms with Crippen molar-refractivity contribution in [2.24, 2.45) is 0 Å². The fourth-order valence-electron chi connectivity index (χ4n) is 2.26. The van der Waals surface area contributed by atoms with Gasteiger partial charge >= 0.3 is 0 Å². The van der Waals surface area contributed by atoms with Crippen LogP contribution in [-0.2, 0) is 4.79 Å². The van der Waals surface area contributed by atoms with Crippen molar-refractivity contribution in [3.05, 3.63) is 64.2 Å². The molecule has 0 spiro atoms. The molecule has 27 heavy (non-hydrogen) atoms. The molecule has 0 saturated heterocycles. The maximum Gasteiger partial charge on any atom is 0.266 e. The predicted octanol–water partition coefficient (Wildman–Crippen LogP) is 4.88. The van der Waals surface area contributed by atoms with Crippen molar-refractivity contribution in [3.8, 4) is 23.1 Å². The molecule has 0 radical (unpaired) electrons. The van der Waals surface area contributed by atoms with Crippen molar-refractivity contribution in [1.82, 2.24) is 4.98 Å². The highest BCUT2D eigenvalue weighted by Crippen LogP contribution is 2.31. The number of nitriles is 1. The summed E-state index contributed by atoms with van der Waals surface area (Å²) in [7, 11) is 0. The molecule has 0 bridgehead atoms. The molecule has 0 aliphatic rings. The predicted molar refractivity (Wildman–Crippen MR) is 102 cm³/mol. The highest BCUT2D eigenvalue weighted by atomic mass is 35.5. The maximum atomic E-state index is 13.2. The number of anilines is 1. The first-order valence-electron chi connectivity index (χ1n) is 7.85. The van der Waals surface area contributed by atoms with Gasteiger partial charge in [0.05, 0.1) is 16.3 Å². The van der Waals surface area contributed by atoms with E-state index >= 15 is 0 Å². The SMILES string of the molecule is C[C@@H](Oc1ccccc1C#N)C(=O)Nc1nc(-c2ccc(F)cc2Cl)cs1. The number of amides is 1. The molecule has 5 nitrogen and oxygen atoms in total. The molecule has 2 aromatic carbocycles. The van der Waals surface area contributed by atoms with Gasteiger partial charge in [-0.25, -0.2) is 9.37 Å². The number of carbonyl (C=O) groups excluding carboxylic acids is 1. The van der Waals surface area contributed by atoms with Gasteiger partial charge in [-0.05, 0) is 37.3 Å². The summed E-state index contributed by atoms with van der Waals surface area (Å²) in [4.78, 5) is 16.7. The zero-order valence-electron chi connectivity index (χ0n) is 14.1. The molecule has 0 unspecified atom stereocenters. The van der Waals surface area contributed by atoms with Crippen LogP contribution in [0.1, 0.15) is 12.5 Å². The molecule has 3 rings (SSSR count). The van der Waals surface area contributed by atoms with Crippen molar-refractivity contribution in [2.45, 2.75) is 13.0 Å². The first-order chi connectivity index (χ1) is 13.0. The lowest BCUT2D eigenvalue weighted by Gasteiger charge is -2.14. The third-order valence-corrected chi connectivity index (χ3v) is 4.69. The molecular formula is C19H13ClFN3O2S. The number of carbonyl (C=O) groups is 1. The van der Waals surface area contributed by atoms with Crippen LogP contribution in [0.3, 0.4) is 0 Å². The van der Waals surface area contributed by atoms with Crippen molar-refractivity contribution in [1.29, 1.82) is 5.26 Å². The number of benzene rings is 2. The minimum Gasteiger partial charge on any atom is -0.480 e. The van der Waals surface area contributed by atoms with E-state index < -0.39 is 17.8 Å². The van der Waals surface area contributed by atoms with Crippen molar-refractivity contribution < 1.29 is 13.9 Å². The number of nitrogens with one attached hydrogen (secondary N) is 1. The fraction of sp³-hybridized carbons (Fsp3) is 0.105. The van der Waals surface area contributed by atoms with Crippen LogP contribution >= 0.6 is 22.9 Å². The summed E-state index contributed by atoms with van der Waals surface area (Å²) in [6.45, 7) is 1.58. The summed E-state index contributed by atoms with van der Waals surface area (Å²) in [5, 5.41) is 14.1. The second-order valence-electron chi connectivity index (χ2n) is 5.52. The van der Waals surface area contributed by atoms with Gasteiger partial charge in [0.15, 0.2) is 11.2 Å². The van der Waals surface area contributed by atoms with Crippen LogP contribution < -0.4 is 10.1 Å². The monoisotopic (exact) mass is 401 g/mol. The molecule has 1 heterocycles. The Labute approximate surface area is 164 Å². The number of aromatic nitrogens is 1. The Morgan fingerprint density at radius 2 is 2.15 bits per heavy atom. The number of para-hydroxylation sites is 1. The first kappa shape index (κ1) is 18.8. The Bertz CT molecular complexity index is 1030. The standard InChI is InChI=1S/C19H13ClFN3O2S/c1-11(26-17-5-3-2-4-12(17)9-22)18(25)24-19-23-16(10-27-19)14-7-6-13(21)8-15(14)20/h2-8,10-11H,1H3,(H,23,24,25)/t11-/m1/s1. The molecule has 3 aromatic rings. The Kier molecular flexibility index (Phi) is 5.69. The number of ether oxygens (including phenoxy) is 1. The van der Waals surface area contributed by atoms with Crippen LogP contribution in [0.25, 0.3) is 11.3 Å². The molecule has 0 aliphatic heterocycles. The molecular weight excluding hydrogens is 389 g/mol. The number of hydrogen-bond donors (Lipinski definition) is 1. The number of hydrogen-bond acceptors (Lipinski definition) is 5. The summed E-state index contributed by atoms with van der Waals surface area (Å²) < 4.78 is 18.7. The molecule has 0 fully saturated rings. The summed E-state index contributed by atoms with van der Waals surface area (Å²) in [6.07, 6.45) is -0.832. The summed E-state index contributed by atoms with van der Waals surface area (Å²) >= 11 is 7.25. The molecule has 1 N–H and O–H groups in total. The minimum absolute atomic E-state index is 0.239. The number of thiazole rings is 1. The zero-order chi connectivity index (χ0) is 19.4. The highest BCUT2D eigenvalue weighted by molar-refractivity contribution is 7.14. The van der Waals surface area contributed by atoms with Gasteiger partial charge in [0.2, 0.25) is 0 Å². The zero-order valence-corrected chi connectivity index (χ0v) is 15.6. The number of nitrogens with zero attached hydrogens (tertiary/aromatic N) is 2. The lowest BCUT2D eigenvalue weighted by atomic mass is 10.2. The van der Waals surface area contributed by atoms with E-state index in [0.717, 1.165) is 0 Å². The van der Waals surface area contributed by atoms with Gasteiger partial charge in [0, 0.05) is 10.9 Å². The van der Waals surface area contributed by atoms with Crippen molar-refractivity contribution in [2.75, 3.05) is 5.32 Å². The van der Waals surface area contributed by atoms with E-state index in [-0.39, 0.29) is 5.02 Å². The van der Waals surface area contributed by atoms with E-state index in [2.05, 4.69) is 10.3 Å². The van der Waals surface area contributed by atoms with E-state index in [0.29, 0.717) is 27.7 Å². The van der Waals surface area contributed by atoms with E-state index in [1.165, 1.54) is 29.5 Å². The van der Waals surface area contributed by atoms with Crippen LogP contribution in [0.15, 0.2) is 47.8 Å². The quantitative estimate of drug-likeness (QED) is 0.661. The van der Waals surface area contributed by atoms with E-state index in [9.17, 15) is 9.18 Å². The van der Waals surface area contributed by atoms with E-state index in [1.807, 2.05) is 6.07 Å². The van der Waals surface area contributed by atoms with E-state index in [1.54, 1.807) is 36.6 Å². The molecule has 136 valence electrons. The first-order valence-corrected chi connectivity index (χ1v) is 9.11. The lowest BCUT2D eigenvalue weighted by molar-refractivity contribution is -0.122. The van der Waals surface area contributed by atoms with Crippen LogP contribution in [0.5, 0.6) is 5.75 Å². The van der Waals surface area contributed by atoms with Crippen LogP contribution in [0, 0.1) is 17.1 Å². The van der Waals surface area contributed by atoms with Crippen molar-refractivity contribution >= 4 is 34.0 Å². The van der Waals surface area contributed by atoms with Gasteiger partial charge in [0.25, 0.3) is 5.91 Å². The van der Waals surface area contributed by atoms with Gasteiger partial charge < -0.3 is 4.74 Å². The van der Waals surface area contributed by atoms with Crippen LogP contribution in [-0.4, -0.2) is 17.0 Å². The van der Waals surface area contributed by atoms with Gasteiger partial charge in [0.1, 0.15) is 17.6 Å². The average Bonchev–Trinajstić information content (AvgIpc) is 3.10. The van der Waals surface area contributed by atoms with Gasteiger partial charge in [-0.3, -0.25) is 10.1 Å². The molecule has 0 saturated carbocycles. The maximum absolute atomic E-state index is 13.2. The second kappa shape index (κ2) is 8.16. The molecule has 0 aliphatic carbocycles. The summed E-state index contributed by atoms with van der Waals surface area (Å²) in [5.41, 5.74) is 1.45.